The van der Waals surface area contributed by atoms with E-state index in [1.54, 1.807) is 32.4 Å². The highest BCUT2D eigenvalue weighted by Gasteiger charge is 2.12. The Morgan fingerprint density at radius 2 is 1.97 bits per heavy atom. The van der Waals surface area contributed by atoms with Crippen LogP contribution in [0.15, 0.2) is 36.7 Å². The van der Waals surface area contributed by atoms with Gasteiger partial charge < -0.3 is 20.1 Å². The molecule has 0 aliphatic rings. The lowest BCUT2D eigenvalue weighted by molar-refractivity contribution is -0.120. The highest BCUT2D eigenvalue weighted by Crippen LogP contribution is 2.35. The molecule has 164 valence electrons. The molecule has 0 spiro atoms. The average molecular weight is 447 g/mol. The SMILES string of the molecule is CNC(=O)CCCCCOc1cc2ncnc(Nc3ccc(F)c(Cl)c3)c2cc1OC. The van der Waals surface area contributed by atoms with E-state index in [2.05, 4.69) is 20.6 Å². The van der Waals surface area contributed by atoms with Gasteiger partial charge in [-0.3, -0.25) is 4.79 Å². The van der Waals surface area contributed by atoms with E-state index in [0.717, 1.165) is 24.6 Å². The van der Waals surface area contributed by atoms with Crippen molar-refractivity contribution in [3.05, 3.63) is 47.5 Å². The molecule has 0 saturated heterocycles. The van der Waals surface area contributed by atoms with Crippen LogP contribution >= 0.6 is 11.6 Å². The molecule has 1 amide bonds. The van der Waals surface area contributed by atoms with Gasteiger partial charge in [-0.15, -0.1) is 0 Å². The average Bonchev–Trinajstić information content (AvgIpc) is 2.78. The fourth-order valence-electron chi connectivity index (χ4n) is 3.02. The molecular weight excluding hydrogens is 423 g/mol. The molecule has 0 radical (unpaired) electrons. The predicted octanol–water partition coefficient (Wildman–Crippen LogP) is 4.86. The summed E-state index contributed by atoms with van der Waals surface area (Å²) in [5.41, 5.74) is 1.27. The molecule has 1 aromatic heterocycles. The first-order chi connectivity index (χ1) is 15.0. The predicted molar refractivity (Wildman–Crippen MR) is 119 cm³/mol. The first-order valence-electron chi connectivity index (χ1n) is 9.90. The number of aromatic nitrogens is 2. The molecular formula is C22H24ClFN4O3. The van der Waals surface area contributed by atoms with E-state index in [0.29, 0.717) is 41.5 Å². The number of methoxy groups -OCH3 is 1. The molecule has 0 aliphatic carbocycles. The molecule has 2 N–H and O–H groups in total. The topological polar surface area (TPSA) is 85.4 Å². The van der Waals surface area contributed by atoms with Gasteiger partial charge in [0.25, 0.3) is 0 Å². The number of nitrogens with one attached hydrogen (secondary N) is 2. The van der Waals surface area contributed by atoms with E-state index in [9.17, 15) is 9.18 Å². The van der Waals surface area contributed by atoms with E-state index in [1.165, 1.54) is 18.5 Å². The highest BCUT2D eigenvalue weighted by molar-refractivity contribution is 6.31. The molecule has 3 rings (SSSR count). The van der Waals surface area contributed by atoms with Gasteiger partial charge >= 0.3 is 0 Å². The Morgan fingerprint density at radius 3 is 2.71 bits per heavy atom. The second-order valence-electron chi connectivity index (χ2n) is 6.83. The van der Waals surface area contributed by atoms with E-state index in [-0.39, 0.29) is 10.9 Å². The van der Waals surface area contributed by atoms with Crippen LogP contribution in [0.1, 0.15) is 25.7 Å². The Labute approximate surface area is 184 Å². The number of hydrogen-bond acceptors (Lipinski definition) is 6. The van der Waals surface area contributed by atoms with Gasteiger partial charge in [0.1, 0.15) is 18.0 Å². The first-order valence-corrected chi connectivity index (χ1v) is 10.3. The molecule has 31 heavy (non-hydrogen) atoms. The number of carbonyl (C=O) groups is 1. The number of hydrogen-bond donors (Lipinski definition) is 2. The van der Waals surface area contributed by atoms with Crippen molar-refractivity contribution in [1.82, 2.24) is 15.3 Å². The quantitative estimate of drug-likeness (QED) is 0.432. The fourth-order valence-corrected chi connectivity index (χ4v) is 3.20. The molecule has 0 atom stereocenters. The monoisotopic (exact) mass is 446 g/mol. The molecule has 0 unspecified atom stereocenters. The van der Waals surface area contributed by atoms with Gasteiger partial charge in [0.15, 0.2) is 11.5 Å². The van der Waals surface area contributed by atoms with Crippen molar-refractivity contribution in [2.24, 2.45) is 0 Å². The van der Waals surface area contributed by atoms with Gasteiger partial charge in [-0.05, 0) is 43.5 Å². The second kappa shape index (κ2) is 10.8. The Morgan fingerprint density at radius 1 is 1.13 bits per heavy atom. The molecule has 0 bridgehead atoms. The van der Waals surface area contributed by atoms with E-state index < -0.39 is 5.82 Å². The van der Waals surface area contributed by atoms with Gasteiger partial charge in [-0.1, -0.05) is 11.6 Å². The summed E-state index contributed by atoms with van der Waals surface area (Å²) >= 11 is 5.87. The van der Waals surface area contributed by atoms with Crippen LogP contribution < -0.4 is 20.1 Å². The second-order valence-corrected chi connectivity index (χ2v) is 7.24. The maximum atomic E-state index is 13.4. The third-order valence-corrected chi connectivity index (χ3v) is 4.98. The summed E-state index contributed by atoms with van der Waals surface area (Å²) in [6, 6.07) is 7.94. The van der Waals surface area contributed by atoms with Gasteiger partial charge in [-0.2, -0.15) is 0 Å². The Balaban J connectivity index is 1.72. The lowest BCUT2D eigenvalue weighted by atomic mass is 10.2. The van der Waals surface area contributed by atoms with Crippen molar-refractivity contribution in [2.45, 2.75) is 25.7 Å². The van der Waals surface area contributed by atoms with E-state index in [1.807, 2.05) is 0 Å². The summed E-state index contributed by atoms with van der Waals surface area (Å²) in [5, 5.41) is 6.49. The number of ether oxygens (including phenoxy) is 2. The summed E-state index contributed by atoms with van der Waals surface area (Å²) in [6.45, 7) is 0.500. The summed E-state index contributed by atoms with van der Waals surface area (Å²) in [7, 11) is 3.20. The number of carbonyl (C=O) groups excluding carboxylic acids is 1. The van der Waals surface area contributed by atoms with Crippen molar-refractivity contribution >= 4 is 39.9 Å². The van der Waals surface area contributed by atoms with Crippen molar-refractivity contribution in [2.75, 3.05) is 26.1 Å². The number of rotatable bonds is 10. The molecule has 0 fully saturated rings. The minimum absolute atomic E-state index is 0.0203. The molecule has 3 aromatic rings. The smallest absolute Gasteiger partial charge is 0.219 e. The van der Waals surface area contributed by atoms with Gasteiger partial charge in [-0.25, -0.2) is 14.4 Å². The van der Waals surface area contributed by atoms with Crippen LogP contribution in [-0.2, 0) is 4.79 Å². The minimum atomic E-state index is -0.489. The molecule has 1 heterocycles. The number of fused-ring (bicyclic) bond motifs is 1. The van der Waals surface area contributed by atoms with Crippen molar-refractivity contribution in [3.8, 4) is 11.5 Å². The van der Waals surface area contributed by atoms with Gasteiger partial charge in [0.2, 0.25) is 5.91 Å². The fraction of sp³-hybridized carbons (Fsp3) is 0.318. The normalized spacial score (nSPS) is 10.7. The van der Waals surface area contributed by atoms with Crippen LogP contribution in [0.25, 0.3) is 10.9 Å². The largest absolute Gasteiger partial charge is 0.493 e. The standard InChI is InChI=1S/C22H24ClFN4O3/c1-25-21(29)6-4-3-5-9-31-20-12-18-15(11-19(20)30-2)22(27-13-26-18)28-14-7-8-17(24)16(23)10-14/h7-8,10-13H,3-6,9H2,1-2H3,(H,25,29)(H,26,27,28). The maximum absolute atomic E-state index is 13.4. The molecule has 2 aromatic carbocycles. The summed E-state index contributed by atoms with van der Waals surface area (Å²) < 4.78 is 24.8. The highest BCUT2D eigenvalue weighted by atomic mass is 35.5. The first kappa shape index (κ1) is 22.6. The van der Waals surface area contributed by atoms with E-state index in [4.69, 9.17) is 21.1 Å². The zero-order valence-electron chi connectivity index (χ0n) is 17.4. The molecule has 0 aliphatic heterocycles. The molecule has 0 saturated carbocycles. The summed E-state index contributed by atoms with van der Waals surface area (Å²) in [4.78, 5) is 19.9. The third-order valence-electron chi connectivity index (χ3n) is 4.69. The van der Waals surface area contributed by atoms with Crippen molar-refractivity contribution < 1.29 is 18.7 Å². The Hall–Kier alpha value is -3.13. The minimum Gasteiger partial charge on any atom is -0.493 e. The lowest BCUT2D eigenvalue weighted by Gasteiger charge is -2.14. The van der Waals surface area contributed by atoms with Gasteiger partial charge in [0, 0.05) is 30.6 Å². The van der Waals surface area contributed by atoms with Crippen LogP contribution in [0.3, 0.4) is 0 Å². The molecule has 9 heteroatoms. The Bertz CT molecular complexity index is 1060. The van der Waals surface area contributed by atoms with Crippen LogP contribution in [0.4, 0.5) is 15.9 Å². The Kier molecular flexibility index (Phi) is 7.83. The van der Waals surface area contributed by atoms with Gasteiger partial charge in [0.05, 0.1) is 24.3 Å². The van der Waals surface area contributed by atoms with Crippen molar-refractivity contribution in [1.29, 1.82) is 0 Å². The number of unbranched alkanes of at least 4 members (excludes halogenated alkanes) is 2. The lowest BCUT2D eigenvalue weighted by Crippen LogP contribution is -2.16. The molecule has 7 nitrogen and oxygen atoms in total. The number of halogens is 2. The summed E-state index contributed by atoms with van der Waals surface area (Å²) in [6.07, 6.45) is 4.47. The van der Waals surface area contributed by atoms with Crippen LogP contribution in [0.2, 0.25) is 5.02 Å². The van der Waals surface area contributed by atoms with Crippen LogP contribution in [0.5, 0.6) is 11.5 Å². The number of nitrogens with zero attached hydrogens (tertiary/aromatic N) is 2. The number of anilines is 2. The summed E-state index contributed by atoms with van der Waals surface area (Å²) in [5.74, 6) is 1.22. The maximum Gasteiger partial charge on any atom is 0.219 e. The zero-order valence-corrected chi connectivity index (χ0v) is 18.1. The van der Waals surface area contributed by atoms with Crippen molar-refractivity contribution in [3.63, 3.8) is 0 Å². The number of amides is 1. The number of benzene rings is 2. The van der Waals surface area contributed by atoms with Crippen LogP contribution in [-0.4, -0.2) is 36.6 Å². The van der Waals surface area contributed by atoms with Crippen LogP contribution in [0, 0.1) is 5.82 Å². The third kappa shape index (κ3) is 5.95. The zero-order chi connectivity index (χ0) is 22.2. The van der Waals surface area contributed by atoms with E-state index >= 15 is 0 Å².